The average molecular weight is 210 g/mol. The monoisotopic (exact) mass is 210 g/mol. The summed E-state index contributed by atoms with van der Waals surface area (Å²) in [5, 5.41) is 3.83. The highest BCUT2D eigenvalue weighted by Crippen LogP contribution is 2.22. The van der Waals surface area contributed by atoms with Gasteiger partial charge in [0.1, 0.15) is 0 Å². The molecule has 0 unspecified atom stereocenters. The van der Waals surface area contributed by atoms with Crippen molar-refractivity contribution in [2.45, 2.75) is 19.4 Å². The highest BCUT2D eigenvalue weighted by Gasteiger charge is 2.22. The maximum absolute atomic E-state index is 5.82. The van der Waals surface area contributed by atoms with Crippen molar-refractivity contribution >= 4 is 11.3 Å². The first-order valence-corrected chi connectivity index (χ1v) is 4.97. The largest absolute Gasteiger partial charge is 0.337 e. The molecule has 74 valence electrons. The zero-order valence-corrected chi connectivity index (χ0v) is 8.71. The Morgan fingerprint density at radius 1 is 1.50 bits per heavy atom. The van der Waals surface area contributed by atoms with Crippen LogP contribution in [0.25, 0.3) is 10.7 Å². The summed E-state index contributed by atoms with van der Waals surface area (Å²) in [5.41, 5.74) is 6.93. The van der Waals surface area contributed by atoms with E-state index in [0.717, 1.165) is 4.88 Å². The van der Waals surface area contributed by atoms with E-state index < -0.39 is 5.54 Å². The van der Waals surface area contributed by atoms with Crippen molar-refractivity contribution in [3.8, 4) is 10.7 Å². The van der Waals surface area contributed by atoms with E-state index in [-0.39, 0.29) is 0 Å². The molecule has 0 spiro atoms. The van der Waals surface area contributed by atoms with Crippen LogP contribution in [0.5, 0.6) is 0 Å². The second-order valence-corrected chi connectivity index (χ2v) is 4.40. The van der Waals surface area contributed by atoms with Crippen LogP contribution in [0, 0.1) is 0 Å². The molecule has 0 fully saturated rings. The Hall–Kier alpha value is -1.27. The maximum atomic E-state index is 5.82. The van der Waals surface area contributed by atoms with Crippen LogP contribution in [-0.2, 0) is 5.54 Å². The summed E-state index contributed by atoms with van der Waals surface area (Å²) in [7, 11) is 0. The first-order chi connectivity index (χ1) is 6.57. The fourth-order valence-corrected chi connectivity index (χ4v) is 1.46. The van der Waals surface area contributed by atoms with Crippen LogP contribution in [0.1, 0.15) is 19.7 Å². The number of thiazole rings is 1. The van der Waals surface area contributed by atoms with Crippen molar-refractivity contribution in [1.29, 1.82) is 0 Å². The van der Waals surface area contributed by atoms with Crippen molar-refractivity contribution < 1.29 is 4.52 Å². The fraction of sp³-hybridized carbons (Fsp3) is 0.375. The van der Waals surface area contributed by atoms with E-state index in [1.807, 2.05) is 13.8 Å². The molecule has 2 N–H and O–H groups in total. The lowest BCUT2D eigenvalue weighted by atomic mass is 10.1. The molecule has 0 aromatic carbocycles. The molecule has 6 heteroatoms. The molecule has 0 aliphatic rings. The molecule has 2 heterocycles. The van der Waals surface area contributed by atoms with Crippen molar-refractivity contribution in [2.24, 2.45) is 5.73 Å². The third-order valence-corrected chi connectivity index (χ3v) is 2.40. The third kappa shape index (κ3) is 1.66. The molecular weight excluding hydrogens is 200 g/mol. The standard InChI is InChI=1S/C8H10N4OS/c1-8(2,9)7-11-6(12-13-7)5-3-10-4-14-5/h3-4H,9H2,1-2H3. The van der Waals surface area contributed by atoms with Gasteiger partial charge in [-0.1, -0.05) is 5.16 Å². The Balaban J connectivity index is 2.36. The topological polar surface area (TPSA) is 77.8 Å². The summed E-state index contributed by atoms with van der Waals surface area (Å²) in [6.07, 6.45) is 1.70. The summed E-state index contributed by atoms with van der Waals surface area (Å²) < 4.78 is 5.05. The second kappa shape index (κ2) is 3.14. The zero-order valence-electron chi connectivity index (χ0n) is 7.89. The second-order valence-electron chi connectivity index (χ2n) is 3.51. The van der Waals surface area contributed by atoms with Crippen molar-refractivity contribution in [3.63, 3.8) is 0 Å². The molecular formula is C8H10N4OS. The van der Waals surface area contributed by atoms with Crippen LogP contribution in [0.3, 0.4) is 0 Å². The van der Waals surface area contributed by atoms with Gasteiger partial charge in [-0.05, 0) is 13.8 Å². The predicted octanol–water partition coefficient (Wildman–Crippen LogP) is 1.39. The van der Waals surface area contributed by atoms with Gasteiger partial charge < -0.3 is 10.3 Å². The Kier molecular flexibility index (Phi) is 2.09. The van der Waals surface area contributed by atoms with E-state index in [4.69, 9.17) is 10.3 Å². The van der Waals surface area contributed by atoms with Gasteiger partial charge in [0.05, 0.1) is 15.9 Å². The molecule has 0 saturated heterocycles. The quantitative estimate of drug-likeness (QED) is 0.810. The summed E-state index contributed by atoms with van der Waals surface area (Å²) >= 11 is 1.46. The van der Waals surface area contributed by atoms with Gasteiger partial charge in [-0.15, -0.1) is 11.3 Å². The molecule has 2 rings (SSSR count). The lowest BCUT2D eigenvalue weighted by molar-refractivity contribution is 0.312. The average Bonchev–Trinajstić information content (AvgIpc) is 2.73. The minimum absolute atomic E-state index is 0.431. The number of hydrogen-bond donors (Lipinski definition) is 1. The van der Waals surface area contributed by atoms with Gasteiger partial charge in [0.25, 0.3) is 0 Å². The van der Waals surface area contributed by atoms with Crippen LogP contribution >= 0.6 is 11.3 Å². The molecule has 0 saturated carbocycles. The van der Waals surface area contributed by atoms with Crippen LogP contribution < -0.4 is 5.73 Å². The Morgan fingerprint density at radius 3 is 2.79 bits per heavy atom. The summed E-state index contributed by atoms with van der Waals surface area (Å²) in [6, 6.07) is 0. The van der Waals surface area contributed by atoms with Crippen LogP contribution in [-0.4, -0.2) is 15.1 Å². The van der Waals surface area contributed by atoms with E-state index in [0.29, 0.717) is 11.7 Å². The van der Waals surface area contributed by atoms with E-state index in [1.165, 1.54) is 11.3 Å². The summed E-state index contributed by atoms with van der Waals surface area (Å²) in [4.78, 5) is 9.01. The Bertz CT molecular complexity index is 415. The molecule has 14 heavy (non-hydrogen) atoms. The minimum Gasteiger partial charge on any atom is -0.337 e. The van der Waals surface area contributed by atoms with Gasteiger partial charge >= 0.3 is 0 Å². The normalized spacial score (nSPS) is 11.9. The predicted molar refractivity (Wildman–Crippen MR) is 52.6 cm³/mol. The number of hydrogen-bond acceptors (Lipinski definition) is 6. The summed E-state index contributed by atoms with van der Waals surface area (Å²) in [6.45, 7) is 3.63. The van der Waals surface area contributed by atoms with Crippen LogP contribution in [0.4, 0.5) is 0 Å². The lowest BCUT2D eigenvalue weighted by Crippen LogP contribution is -2.28. The van der Waals surface area contributed by atoms with Crippen molar-refractivity contribution in [1.82, 2.24) is 15.1 Å². The van der Waals surface area contributed by atoms with Gasteiger partial charge in [-0.3, -0.25) is 4.98 Å². The van der Waals surface area contributed by atoms with Crippen molar-refractivity contribution in [3.05, 3.63) is 17.6 Å². The fourth-order valence-electron chi connectivity index (χ4n) is 0.911. The molecule has 0 bridgehead atoms. The highest BCUT2D eigenvalue weighted by atomic mass is 32.1. The SMILES string of the molecule is CC(C)(N)c1nc(-c2cncs2)no1. The number of nitrogens with two attached hydrogens (primary N) is 1. The van der Waals surface area contributed by atoms with E-state index >= 15 is 0 Å². The van der Waals surface area contributed by atoms with Gasteiger partial charge in [-0.25, -0.2) is 0 Å². The molecule has 0 radical (unpaired) electrons. The van der Waals surface area contributed by atoms with E-state index in [9.17, 15) is 0 Å². The van der Waals surface area contributed by atoms with Gasteiger partial charge in [-0.2, -0.15) is 4.98 Å². The minimum atomic E-state index is -0.601. The van der Waals surface area contributed by atoms with Crippen LogP contribution in [0.2, 0.25) is 0 Å². The molecule has 2 aromatic heterocycles. The molecule has 0 aliphatic heterocycles. The molecule has 0 amide bonds. The highest BCUT2D eigenvalue weighted by molar-refractivity contribution is 7.13. The maximum Gasteiger partial charge on any atom is 0.246 e. The van der Waals surface area contributed by atoms with Gasteiger partial charge in [0, 0.05) is 6.20 Å². The number of nitrogens with zero attached hydrogens (tertiary/aromatic N) is 3. The lowest BCUT2D eigenvalue weighted by Gasteiger charge is -2.10. The Labute approximate surface area is 85.0 Å². The van der Waals surface area contributed by atoms with Crippen LogP contribution in [0.15, 0.2) is 16.2 Å². The first kappa shape index (κ1) is 9.29. The third-order valence-electron chi connectivity index (χ3n) is 1.63. The molecule has 0 atom stereocenters. The van der Waals surface area contributed by atoms with E-state index in [1.54, 1.807) is 11.7 Å². The number of aromatic nitrogens is 3. The molecule has 5 nitrogen and oxygen atoms in total. The number of rotatable bonds is 2. The van der Waals surface area contributed by atoms with Crippen molar-refractivity contribution in [2.75, 3.05) is 0 Å². The first-order valence-electron chi connectivity index (χ1n) is 4.09. The Morgan fingerprint density at radius 2 is 2.29 bits per heavy atom. The molecule has 0 aliphatic carbocycles. The van der Waals surface area contributed by atoms with E-state index in [2.05, 4.69) is 15.1 Å². The summed E-state index contributed by atoms with van der Waals surface area (Å²) in [5.74, 6) is 0.974. The van der Waals surface area contributed by atoms with Gasteiger partial charge in [0.15, 0.2) is 0 Å². The smallest absolute Gasteiger partial charge is 0.246 e. The zero-order chi connectivity index (χ0) is 10.2. The molecule has 2 aromatic rings. The van der Waals surface area contributed by atoms with Gasteiger partial charge in [0.2, 0.25) is 11.7 Å².